The second kappa shape index (κ2) is 6.03. The first-order chi connectivity index (χ1) is 9.86. The fraction of sp³-hybridized carbons (Fsp3) is 0.500. The number of carbonyl (C=O) groups excluding carboxylic acids is 1. The number of methoxy groups -OCH3 is 1. The lowest BCUT2D eigenvalue weighted by molar-refractivity contribution is -0.122. The van der Waals surface area contributed by atoms with Gasteiger partial charge in [0.15, 0.2) is 0 Å². The minimum absolute atomic E-state index is 0.160. The molecule has 116 valence electrons. The summed E-state index contributed by atoms with van der Waals surface area (Å²) >= 11 is 0. The number of amides is 1. The van der Waals surface area contributed by atoms with Crippen molar-refractivity contribution in [2.24, 2.45) is 11.7 Å². The first kappa shape index (κ1) is 15.8. The molecule has 1 aromatic rings. The van der Waals surface area contributed by atoms with Crippen LogP contribution >= 0.6 is 0 Å². The molecule has 1 fully saturated rings. The van der Waals surface area contributed by atoms with Crippen molar-refractivity contribution in [3.63, 3.8) is 0 Å². The number of nitrogens with two attached hydrogens (primary N) is 1. The molecule has 0 saturated carbocycles. The van der Waals surface area contributed by atoms with E-state index in [0.29, 0.717) is 31.7 Å². The first-order valence-electron chi connectivity index (χ1n) is 6.80. The predicted molar refractivity (Wildman–Crippen MR) is 78.4 cm³/mol. The molecule has 1 aliphatic rings. The smallest absolute Gasteiger partial charge is 0.246 e. The van der Waals surface area contributed by atoms with Crippen LogP contribution in [-0.4, -0.2) is 38.8 Å². The van der Waals surface area contributed by atoms with Crippen molar-refractivity contribution >= 4 is 15.9 Å². The average Bonchev–Trinajstić information content (AvgIpc) is 2.46. The number of hydrogen-bond acceptors (Lipinski definition) is 4. The molecule has 0 atom stereocenters. The van der Waals surface area contributed by atoms with Crippen molar-refractivity contribution in [3.05, 3.63) is 23.8 Å². The van der Waals surface area contributed by atoms with E-state index in [9.17, 15) is 13.2 Å². The summed E-state index contributed by atoms with van der Waals surface area (Å²) in [5.41, 5.74) is 6.20. The van der Waals surface area contributed by atoms with Gasteiger partial charge in [-0.05, 0) is 37.5 Å². The van der Waals surface area contributed by atoms with E-state index in [1.807, 2.05) is 6.92 Å². The topological polar surface area (TPSA) is 89.7 Å². The number of rotatable bonds is 4. The fourth-order valence-corrected chi connectivity index (χ4v) is 4.11. The second-order valence-corrected chi connectivity index (χ2v) is 7.14. The molecule has 2 N–H and O–H groups in total. The van der Waals surface area contributed by atoms with Crippen LogP contribution in [0, 0.1) is 12.8 Å². The van der Waals surface area contributed by atoms with Crippen molar-refractivity contribution in [1.29, 1.82) is 0 Å². The van der Waals surface area contributed by atoms with Gasteiger partial charge in [-0.3, -0.25) is 4.79 Å². The molecule has 0 unspecified atom stereocenters. The van der Waals surface area contributed by atoms with Gasteiger partial charge in [0.25, 0.3) is 0 Å². The highest BCUT2D eigenvalue weighted by atomic mass is 32.2. The standard InChI is InChI=1S/C14H20N2O4S/c1-10-3-4-13(12(9-10)20-2)21(18,19)16-7-5-11(6-8-16)14(15)17/h3-4,9,11H,5-8H2,1-2H3,(H2,15,17). The summed E-state index contributed by atoms with van der Waals surface area (Å²) in [6.07, 6.45) is 0.922. The van der Waals surface area contributed by atoms with Crippen LogP contribution in [0.5, 0.6) is 5.75 Å². The Morgan fingerprint density at radius 1 is 1.33 bits per heavy atom. The minimum Gasteiger partial charge on any atom is -0.495 e. The van der Waals surface area contributed by atoms with Crippen LogP contribution in [0.1, 0.15) is 18.4 Å². The van der Waals surface area contributed by atoms with Gasteiger partial charge in [-0.2, -0.15) is 4.31 Å². The van der Waals surface area contributed by atoms with Gasteiger partial charge in [-0.15, -0.1) is 0 Å². The molecule has 21 heavy (non-hydrogen) atoms. The molecule has 2 rings (SSSR count). The molecule has 0 bridgehead atoms. The summed E-state index contributed by atoms with van der Waals surface area (Å²) in [6, 6.07) is 5.00. The highest BCUT2D eigenvalue weighted by molar-refractivity contribution is 7.89. The third-order valence-corrected chi connectivity index (χ3v) is 5.73. The summed E-state index contributed by atoms with van der Waals surface area (Å²) in [5.74, 6) is -0.261. The maximum absolute atomic E-state index is 12.7. The molecule has 0 spiro atoms. The molecule has 6 nitrogen and oxygen atoms in total. The number of primary amides is 1. The van der Waals surface area contributed by atoms with Gasteiger partial charge >= 0.3 is 0 Å². The van der Waals surface area contributed by atoms with Crippen molar-refractivity contribution < 1.29 is 17.9 Å². The quantitative estimate of drug-likeness (QED) is 0.894. The van der Waals surface area contributed by atoms with Crippen LogP contribution < -0.4 is 10.5 Å². The van der Waals surface area contributed by atoms with E-state index in [1.54, 1.807) is 18.2 Å². The van der Waals surface area contributed by atoms with Gasteiger partial charge in [-0.25, -0.2) is 8.42 Å². The molecule has 0 radical (unpaired) electrons. The van der Waals surface area contributed by atoms with E-state index < -0.39 is 10.0 Å². The third-order valence-electron chi connectivity index (χ3n) is 3.79. The summed E-state index contributed by atoms with van der Waals surface area (Å²) in [7, 11) is -2.16. The van der Waals surface area contributed by atoms with Gasteiger partial charge in [0.1, 0.15) is 10.6 Å². The second-order valence-electron chi connectivity index (χ2n) is 5.24. The molecule has 1 saturated heterocycles. The zero-order valence-electron chi connectivity index (χ0n) is 12.2. The molecule has 1 aromatic carbocycles. The number of ether oxygens (including phenoxy) is 1. The molecule has 1 aliphatic heterocycles. The van der Waals surface area contributed by atoms with Crippen molar-refractivity contribution in [1.82, 2.24) is 4.31 Å². The van der Waals surface area contributed by atoms with Crippen molar-refractivity contribution in [3.8, 4) is 5.75 Å². The normalized spacial score (nSPS) is 17.6. The SMILES string of the molecule is COc1cc(C)ccc1S(=O)(=O)N1CCC(C(N)=O)CC1. The minimum atomic E-state index is -3.61. The summed E-state index contributed by atoms with van der Waals surface area (Å²) in [4.78, 5) is 11.3. The van der Waals surface area contributed by atoms with Crippen LogP contribution in [0.3, 0.4) is 0 Å². The van der Waals surface area contributed by atoms with E-state index in [0.717, 1.165) is 5.56 Å². The lowest BCUT2D eigenvalue weighted by Gasteiger charge is -2.30. The number of aryl methyl sites for hydroxylation is 1. The van der Waals surface area contributed by atoms with Crippen molar-refractivity contribution in [2.75, 3.05) is 20.2 Å². The van der Waals surface area contributed by atoms with Crippen LogP contribution in [0.4, 0.5) is 0 Å². The number of nitrogens with zero attached hydrogens (tertiary/aromatic N) is 1. The lowest BCUT2D eigenvalue weighted by Crippen LogP contribution is -2.41. The van der Waals surface area contributed by atoms with E-state index in [1.165, 1.54) is 11.4 Å². The van der Waals surface area contributed by atoms with Gasteiger partial charge in [0, 0.05) is 19.0 Å². The Kier molecular flexibility index (Phi) is 4.53. The van der Waals surface area contributed by atoms with Gasteiger partial charge in [0.05, 0.1) is 7.11 Å². The van der Waals surface area contributed by atoms with Gasteiger partial charge in [0.2, 0.25) is 15.9 Å². The van der Waals surface area contributed by atoms with E-state index >= 15 is 0 Å². The molecule has 7 heteroatoms. The fourth-order valence-electron chi connectivity index (χ4n) is 2.51. The maximum atomic E-state index is 12.7. The summed E-state index contributed by atoms with van der Waals surface area (Å²) in [5, 5.41) is 0. The number of carbonyl (C=O) groups is 1. The number of hydrogen-bond donors (Lipinski definition) is 1. The predicted octanol–water partition coefficient (Wildman–Crippen LogP) is 0.890. The van der Waals surface area contributed by atoms with E-state index in [-0.39, 0.29) is 16.7 Å². The van der Waals surface area contributed by atoms with Gasteiger partial charge in [-0.1, -0.05) is 6.07 Å². The Morgan fingerprint density at radius 3 is 2.48 bits per heavy atom. The molecule has 0 aromatic heterocycles. The number of sulfonamides is 1. The summed E-state index contributed by atoms with van der Waals surface area (Å²) in [6.45, 7) is 2.47. The number of piperidine rings is 1. The molecule has 1 amide bonds. The molecule has 1 heterocycles. The van der Waals surface area contributed by atoms with Crippen LogP contribution in [-0.2, 0) is 14.8 Å². The molecular formula is C14H20N2O4S. The zero-order chi connectivity index (χ0) is 15.6. The lowest BCUT2D eigenvalue weighted by atomic mass is 9.98. The Bertz CT molecular complexity index is 634. The van der Waals surface area contributed by atoms with Crippen LogP contribution in [0.2, 0.25) is 0 Å². The first-order valence-corrected chi connectivity index (χ1v) is 8.24. The molecular weight excluding hydrogens is 292 g/mol. The summed E-state index contributed by atoms with van der Waals surface area (Å²) < 4.78 is 31.9. The largest absolute Gasteiger partial charge is 0.495 e. The number of benzene rings is 1. The van der Waals surface area contributed by atoms with Crippen molar-refractivity contribution in [2.45, 2.75) is 24.7 Å². The van der Waals surface area contributed by atoms with E-state index in [4.69, 9.17) is 10.5 Å². The Hall–Kier alpha value is -1.60. The average molecular weight is 312 g/mol. The Morgan fingerprint density at radius 2 is 1.95 bits per heavy atom. The maximum Gasteiger partial charge on any atom is 0.246 e. The molecule has 0 aliphatic carbocycles. The Labute approximate surface area is 124 Å². The Balaban J connectivity index is 2.25. The van der Waals surface area contributed by atoms with Crippen LogP contribution in [0.15, 0.2) is 23.1 Å². The third kappa shape index (κ3) is 3.19. The van der Waals surface area contributed by atoms with Gasteiger partial charge < -0.3 is 10.5 Å². The monoisotopic (exact) mass is 312 g/mol. The van der Waals surface area contributed by atoms with E-state index in [2.05, 4.69) is 0 Å². The highest BCUT2D eigenvalue weighted by Gasteiger charge is 2.32. The van der Waals surface area contributed by atoms with Crippen LogP contribution in [0.25, 0.3) is 0 Å². The highest BCUT2D eigenvalue weighted by Crippen LogP contribution is 2.30. The zero-order valence-corrected chi connectivity index (χ0v) is 13.0.